The molecule has 0 atom stereocenters. The van der Waals surface area contributed by atoms with Gasteiger partial charge in [0.25, 0.3) is 0 Å². The Balaban J connectivity index is 0.000000130. The van der Waals surface area contributed by atoms with Gasteiger partial charge in [-0.05, 0) is 232 Å². The van der Waals surface area contributed by atoms with E-state index in [1.165, 1.54) is 181 Å². The van der Waals surface area contributed by atoms with E-state index in [1.54, 1.807) is 0 Å². The van der Waals surface area contributed by atoms with E-state index in [4.69, 9.17) is 0 Å². The fraction of sp³-hybridized carbons (Fsp3) is 0. The Labute approximate surface area is 621 Å². The average Bonchev–Trinajstić information content (AvgIpc) is 1.60. The van der Waals surface area contributed by atoms with Crippen LogP contribution in [0.4, 0.5) is 0 Å². The number of benzene rings is 16. The predicted molar refractivity (Wildman–Crippen MR) is 451 cm³/mol. The van der Waals surface area contributed by atoms with E-state index < -0.39 is 0 Å². The first kappa shape index (κ1) is 60.0. The largest absolute Gasteiger partial charge is 0.309 e. The van der Waals surface area contributed by atoms with Crippen molar-refractivity contribution in [3.63, 3.8) is 0 Å². The van der Waals surface area contributed by atoms with Crippen molar-refractivity contribution in [3.05, 3.63) is 377 Å². The molecular weight excluding hydrogens is 1310 g/mol. The monoisotopic (exact) mass is 1370 g/mol. The molecule has 0 aliphatic heterocycles. The Morgan fingerprint density at radius 3 is 0.898 bits per heavy atom. The van der Waals surface area contributed by atoms with Crippen molar-refractivity contribution in [1.82, 2.24) is 28.2 Å². The lowest BCUT2D eigenvalue weighted by atomic mass is 9.94. The molecule has 500 valence electrons. The quantitative estimate of drug-likeness (QED) is 0.152. The zero-order valence-electron chi connectivity index (χ0n) is 58.5. The van der Waals surface area contributed by atoms with Crippen LogP contribution in [0, 0.1) is 0 Å². The maximum atomic E-state index is 4.52. The fourth-order valence-corrected chi connectivity index (χ4v) is 18.4. The first-order valence-electron chi connectivity index (χ1n) is 37.1. The number of pyridine rings is 2. The van der Waals surface area contributed by atoms with Gasteiger partial charge >= 0.3 is 0 Å². The highest BCUT2D eigenvalue weighted by atomic mass is 15.0. The van der Waals surface area contributed by atoms with Crippen molar-refractivity contribution < 1.29 is 0 Å². The Kier molecular flexibility index (Phi) is 13.1. The summed E-state index contributed by atoms with van der Waals surface area (Å²) in [6.07, 6.45) is 7.74. The molecule has 0 N–H and O–H groups in total. The highest BCUT2D eigenvalue weighted by Gasteiger charge is 2.26. The molecule has 22 aromatic rings. The van der Waals surface area contributed by atoms with Gasteiger partial charge in [0.05, 0.1) is 50.3 Å². The number of rotatable bonds is 8. The second kappa shape index (κ2) is 23.5. The van der Waals surface area contributed by atoms with Gasteiger partial charge in [-0.2, -0.15) is 0 Å². The lowest BCUT2D eigenvalue weighted by Gasteiger charge is -2.12. The standard InChI is InChI=1S/2C51H31N3/c1-2-9-35(10-3-1)54-49-26-20-34(30-46(49)41-27-28-52-31-50(41)54)33-19-25-48-45(29-33)40-13-6-7-16-47(40)53(48)36-21-17-32(18-22-36)37-23-24-44-39-12-5-4-11-38(39)43-15-8-14-42(37)51(43)44;1-2-9-35(10-3-1)53-49-26-20-34(30-45(49)46-31-52-28-27-50(46)53)33-19-25-48-44(29-33)40-13-6-7-16-47(40)54(48)36-21-17-32(18-22-36)37-23-24-43-39-12-5-4-11-38(39)42-15-8-14-41(37)51(42)43/h2*1-31H. The van der Waals surface area contributed by atoms with Crippen LogP contribution in [0.25, 0.3) is 221 Å². The summed E-state index contributed by atoms with van der Waals surface area (Å²) in [6, 6.07) is 129. The second-order valence-electron chi connectivity index (χ2n) is 28.7. The molecule has 16 aromatic carbocycles. The molecular formula is C102H62N6. The number of aromatic nitrogens is 6. The van der Waals surface area contributed by atoms with Gasteiger partial charge in [-0.15, -0.1) is 0 Å². The first-order chi connectivity index (χ1) is 53.6. The number of para-hydroxylation sites is 4. The van der Waals surface area contributed by atoms with Gasteiger partial charge in [0.1, 0.15) is 0 Å². The highest BCUT2D eigenvalue weighted by molar-refractivity contribution is 6.21. The molecule has 24 rings (SSSR count). The van der Waals surface area contributed by atoms with E-state index in [2.05, 4.69) is 380 Å². The third-order valence-electron chi connectivity index (χ3n) is 23.1. The molecule has 0 saturated carbocycles. The molecule has 6 nitrogen and oxygen atoms in total. The van der Waals surface area contributed by atoms with Crippen LogP contribution in [0.1, 0.15) is 0 Å². The molecule has 2 aliphatic rings. The van der Waals surface area contributed by atoms with E-state index in [0.29, 0.717) is 0 Å². The molecule has 0 spiro atoms. The third kappa shape index (κ3) is 8.95. The van der Waals surface area contributed by atoms with Gasteiger partial charge in [-0.25, -0.2) is 0 Å². The van der Waals surface area contributed by atoms with Crippen LogP contribution in [-0.4, -0.2) is 28.2 Å². The van der Waals surface area contributed by atoms with Crippen molar-refractivity contribution in [2.75, 3.05) is 0 Å². The third-order valence-corrected chi connectivity index (χ3v) is 23.1. The van der Waals surface area contributed by atoms with Crippen molar-refractivity contribution in [2.24, 2.45) is 0 Å². The van der Waals surface area contributed by atoms with Crippen LogP contribution < -0.4 is 0 Å². The smallest absolute Gasteiger partial charge is 0.0724 e. The normalized spacial score (nSPS) is 12.1. The van der Waals surface area contributed by atoms with Gasteiger partial charge in [0, 0.05) is 84.4 Å². The molecule has 0 saturated heterocycles. The fourth-order valence-electron chi connectivity index (χ4n) is 18.4. The Hall–Kier alpha value is -14.5. The molecule has 6 aromatic heterocycles. The van der Waals surface area contributed by atoms with E-state index in [-0.39, 0.29) is 0 Å². The molecule has 0 amide bonds. The SMILES string of the molecule is c1ccc(-n2c3ccc(-c4ccc5c(c4)c4ccccc4n5-c4ccc(-c5ccc6c7c(cccc57)-c5ccccc5-6)cc4)cc3c3ccncc32)cc1.c1ccc(-n2c3ccncc3c3cc(-c4ccc5c(c4)c4ccccc4n5-c4ccc(-c5ccc6c7c(cccc57)-c5ccccc5-6)cc4)ccc32)cc1. The molecule has 6 heteroatoms. The summed E-state index contributed by atoms with van der Waals surface area (Å²) in [5.41, 5.74) is 34.4. The Bertz CT molecular complexity index is 7010. The zero-order valence-corrected chi connectivity index (χ0v) is 58.5. The number of hydrogen-bond acceptors (Lipinski definition) is 2. The minimum Gasteiger partial charge on any atom is -0.309 e. The molecule has 0 bridgehead atoms. The summed E-state index contributed by atoms with van der Waals surface area (Å²) in [5, 5.41) is 15.1. The summed E-state index contributed by atoms with van der Waals surface area (Å²) in [6.45, 7) is 0. The summed E-state index contributed by atoms with van der Waals surface area (Å²) < 4.78 is 9.47. The van der Waals surface area contributed by atoms with Gasteiger partial charge < -0.3 is 18.3 Å². The van der Waals surface area contributed by atoms with Gasteiger partial charge in [-0.1, -0.05) is 231 Å². The summed E-state index contributed by atoms with van der Waals surface area (Å²) >= 11 is 0. The zero-order chi connectivity index (χ0) is 70.7. The van der Waals surface area contributed by atoms with E-state index in [0.717, 1.165) is 39.2 Å². The van der Waals surface area contributed by atoms with Gasteiger partial charge in [-0.3, -0.25) is 9.97 Å². The van der Waals surface area contributed by atoms with Crippen LogP contribution in [0.2, 0.25) is 0 Å². The van der Waals surface area contributed by atoms with E-state index >= 15 is 0 Å². The van der Waals surface area contributed by atoms with Crippen LogP contribution in [0.5, 0.6) is 0 Å². The molecule has 0 unspecified atom stereocenters. The maximum absolute atomic E-state index is 4.52. The van der Waals surface area contributed by atoms with Crippen LogP contribution in [0.15, 0.2) is 377 Å². The first-order valence-corrected chi connectivity index (χ1v) is 37.1. The number of hydrogen-bond donors (Lipinski definition) is 0. The lowest BCUT2D eigenvalue weighted by Crippen LogP contribution is -1.94. The van der Waals surface area contributed by atoms with Gasteiger partial charge in [0.15, 0.2) is 0 Å². The van der Waals surface area contributed by atoms with Crippen molar-refractivity contribution >= 4 is 109 Å². The van der Waals surface area contributed by atoms with Crippen molar-refractivity contribution in [1.29, 1.82) is 0 Å². The Morgan fingerprint density at radius 1 is 0.157 bits per heavy atom. The minimum atomic E-state index is 1.11. The average molecular weight is 1370 g/mol. The van der Waals surface area contributed by atoms with Crippen molar-refractivity contribution in [3.8, 4) is 112 Å². The van der Waals surface area contributed by atoms with Crippen LogP contribution in [-0.2, 0) is 0 Å². The van der Waals surface area contributed by atoms with Crippen LogP contribution >= 0.6 is 0 Å². The van der Waals surface area contributed by atoms with Crippen molar-refractivity contribution in [2.45, 2.75) is 0 Å². The second-order valence-corrected chi connectivity index (χ2v) is 28.7. The molecule has 108 heavy (non-hydrogen) atoms. The number of fused-ring (bicyclic) bond motifs is 18. The number of nitrogens with zero attached hydrogens (tertiary/aromatic N) is 6. The van der Waals surface area contributed by atoms with Gasteiger partial charge in [0.2, 0.25) is 0 Å². The lowest BCUT2D eigenvalue weighted by molar-refractivity contribution is 1.17. The summed E-state index contributed by atoms with van der Waals surface area (Å²) in [7, 11) is 0. The van der Waals surface area contributed by atoms with Crippen LogP contribution in [0.3, 0.4) is 0 Å². The Morgan fingerprint density at radius 2 is 0.454 bits per heavy atom. The molecule has 0 radical (unpaired) electrons. The van der Waals surface area contributed by atoms with E-state index in [1.807, 2.05) is 24.8 Å². The highest BCUT2D eigenvalue weighted by Crippen LogP contribution is 2.52. The summed E-state index contributed by atoms with van der Waals surface area (Å²) in [5.74, 6) is 0. The predicted octanol–water partition coefficient (Wildman–Crippen LogP) is 26.8. The van der Waals surface area contributed by atoms with E-state index in [9.17, 15) is 0 Å². The molecule has 0 fully saturated rings. The molecule has 6 heterocycles. The molecule has 2 aliphatic carbocycles. The topological polar surface area (TPSA) is 45.5 Å². The minimum absolute atomic E-state index is 1.11. The maximum Gasteiger partial charge on any atom is 0.0724 e. The summed E-state index contributed by atoms with van der Waals surface area (Å²) in [4.78, 5) is 9.01.